The summed E-state index contributed by atoms with van der Waals surface area (Å²) in [6.07, 6.45) is 2.08. The molecule has 0 saturated heterocycles. The van der Waals surface area contributed by atoms with Crippen molar-refractivity contribution in [3.05, 3.63) is 132 Å². The van der Waals surface area contributed by atoms with Crippen LogP contribution in [0.3, 0.4) is 0 Å². The quantitative estimate of drug-likeness (QED) is 0.272. The van der Waals surface area contributed by atoms with E-state index in [0.29, 0.717) is 0 Å². The smallest absolute Gasteiger partial charge is 0.423 e. The maximum Gasteiger partial charge on any atom is 0.493 e. The molecule has 1 aliphatic rings. The van der Waals surface area contributed by atoms with Crippen molar-refractivity contribution in [2.24, 2.45) is 0 Å². The van der Waals surface area contributed by atoms with Gasteiger partial charge in [-0.3, -0.25) is 0 Å². The first-order valence-electron chi connectivity index (χ1n) is 13.3. The second kappa shape index (κ2) is 9.32. The number of hydrogen-bond acceptors (Lipinski definition) is 2. The zero-order valence-corrected chi connectivity index (χ0v) is 21.3. The van der Waals surface area contributed by atoms with Crippen molar-refractivity contribution in [1.82, 2.24) is 4.57 Å². The Hall–Kier alpha value is -4.12. The number of nitrogens with zero attached hydrogens (tertiary/aromatic N) is 1. The van der Waals surface area contributed by atoms with Crippen LogP contribution in [0.2, 0.25) is 0 Å². The van der Waals surface area contributed by atoms with Crippen molar-refractivity contribution < 1.29 is 9.68 Å². The van der Waals surface area contributed by atoms with Crippen LogP contribution in [-0.4, -0.2) is 23.8 Å². The topological polar surface area (TPSA) is 34.4 Å². The Morgan fingerprint density at radius 3 is 2.29 bits per heavy atom. The lowest BCUT2D eigenvalue weighted by atomic mass is 9.78. The molecule has 4 heteroatoms. The second-order valence-corrected chi connectivity index (χ2v) is 10.1. The van der Waals surface area contributed by atoms with Crippen molar-refractivity contribution in [1.29, 1.82) is 0 Å². The largest absolute Gasteiger partial charge is 0.493 e. The van der Waals surface area contributed by atoms with Gasteiger partial charge in [0, 0.05) is 35.0 Å². The Bertz CT molecular complexity index is 1800. The van der Waals surface area contributed by atoms with Crippen LogP contribution in [0.1, 0.15) is 29.0 Å². The van der Waals surface area contributed by atoms with E-state index in [2.05, 4.69) is 102 Å². The molecule has 1 unspecified atom stereocenters. The first-order valence-corrected chi connectivity index (χ1v) is 13.3. The number of rotatable bonds is 4. The second-order valence-electron chi connectivity index (χ2n) is 10.1. The zero-order chi connectivity index (χ0) is 25.6. The van der Waals surface area contributed by atoms with Gasteiger partial charge in [-0.2, -0.15) is 0 Å². The van der Waals surface area contributed by atoms with Gasteiger partial charge in [-0.1, -0.05) is 97.1 Å². The molecule has 1 atom stereocenters. The number of fused-ring (bicyclic) bond motifs is 6. The number of aryl methyl sites for hydroxylation is 1. The highest BCUT2D eigenvalue weighted by Gasteiger charge is 2.27. The Balaban J connectivity index is 1.52. The lowest BCUT2D eigenvalue weighted by Gasteiger charge is -2.20. The molecule has 1 heterocycles. The lowest BCUT2D eigenvalue weighted by Crippen LogP contribution is -2.35. The Labute approximate surface area is 223 Å². The lowest BCUT2D eigenvalue weighted by molar-refractivity contribution is 0.341. The SMILES string of the molecule is COB(O)c1ccccc1-n1c2ccccc2c2c(C3CCc4ccccc4-c4ccccc43)cccc21. The summed E-state index contributed by atoms with van der Waals surface area (Å²) in [6, 6.07) is 41.0. The van der Waals surface area contributed by atoms with Crippen LogP contribution in [0.25, 0.3) is 38.6 Å². The predicted octanol–water partition coefficient (Wildman–Crippen LogP) is 6.86. The molecule has 6 aromatic rings. The summed E-state index contributed by atoms with van der Waals surface area (Å²) in [4.78, 5) is 0. The average molecular weight is 493 g/mol. The molecular weight excluding hydrogens is 465 g/mol. The van der Waals surface area contributed by atoms with Gasteiger partial charge in [0.15, 0.2) is 0 Å². The summed E-state index contributed by atoms with van der Waals surface area (Å²) in [7, 11) is 0.533. The van der Waals surface area contributed by atoms with Crippen LogP contribution >= 0.6 is 0 Å². The van der Waals surface area contributed by atoms with Gasteiger partial charge in [-0.05, 0) is 58.9 Å². The van der Waals surface area contributed by atoms with Gasteiger partial charge < -0.3 is 14.2 Å². The first-order chi connectivity index (χ1) is 18.8. The maximum atomic E-state index is 10.7. The summed E-state index contributed by atoms with van der Waals surface area (Å²) in [5, 5.41) is 13.2. The highest BCUT2D eigenvalue weighted by Crippen LogP contribution is 2.45. The summed E-state index contributed by atoms with van der Waals surface area (Å²) in [5.41, 5.74) is 10.8. The molecule has 0 radical (unpaired) electrons. The average Bonchev–Trinajstić information content (AvgIpc) is 3.22. The van der Waals surface area contributed by atoms with Gasteiger partial charge in [0.25, 0.3) is 0 Å². The summed E-state index contributed by atoms with van der Waals surface area (Å²) in [5.74, 6) is 0.265. The Kier molecular flexibility index (Phi) is 5.65. The zero-order valence-electron chi connectivity index (χ0n) is 21.3. The molecule has 5 aromatic carbocycles. The summed E-state index contributed by atoms with van der Waals surface area (Å²) < 4.78 is 7.62. The molecule has 38 heavy (non-hydrogen) atoms. The molecule has 1 N–H and O–H groups in total. The van der Waals surface area contributed by atoms with E-state index in [1.165, 1.54) is 45.7 Å². The third-order valence-electron chi connectivity index (χ3n) is 8.12. The van der Waals surface area contributed by atoms with Crippen molar-refractivity contribution >= 4 is 34.4 Å². The Morgan fingerprint density at radius 2 is 1.39 bits per heavy atom. The van der Waals surface area contributed by atoms with Crippen LogP contribution in [0.4, 0.5) is 0 Å². The number of benzene rings is 5. The number of aromatic nitrogens is 1. The van der Waals surface area contributed by atoms with E-state index >= 15 is 0 Å². The molecule has 1 aliphatic carbocycles. The fraction of sp³-hybridized carbons (Fsp3) is 0.118. The van der Waals surface area contributed by atoms with Crippen molar-refractivity contribution in [2.75, 3.05) is 7.11 Å². The standard InChI is InChI=1S/C34H28BNO2/c1-38-35(37)30-17-7-9-19-32(30)36-31-18-8-6-15-29(31)34-28(16-10-20-33(34)36)27-22-21-23-11-2-3-12-24(23)25-13-4-5-14-26(25)27/h2-20,27,37H,21-22H2,1H3. The monoisotopic (exact) mass is 493 g/mol. The van der Waals surface area contributed by atoms with E-state index in [-0.39, 0.29) is 5.92 Å². The predicted molar refractivity (Wildman–Crippen MR) is 157 cm³/mol. The summed E-state index contributed by atoms with van der Waals surface area (Å²) in [6.45, 7) is 0. The molecule has 0 bridgehead atoms. The minimum atomic E-state index is -1.00. The third kappa shape index (κ3) is 3.53. The fourth-order valence-electron chi connectivity index (χ4n) is 6.45. The van der Waals surface area contributed by atoms with E-state index in [0.717, 1.165) is 35.0 Å². The van der Waals surface area contributed by atoms with Gasteiger partial charge in [-0.25, -0.2) is 0 Å². The van der Waals surface area contributed by atoms with Crippen molar-refractivity contribution in [3.8, 4) is 16.8 Å². The van der Waals surface area contributed by atoms with Gasteiger partial charge in [0.05, 0.1) is 11.0 Å². The highest BCUT2D eigenvalue weighted by atomic mass is 16.5. The number of hydrogen-bond donors (Lipinski definition) is 1. The molecule has 7 rings (SSSR count). The summed E-state index contributed by atoms with van der Waals surface area (Å²) >= 11 is 0. The van der Waals surface area contributed by atoms with Gasteiger partial charge in [-0.15, -0.1) is 0 Å². The Morgan fingerprint density at radius 1 is 0.711 bits per heavy atom. The van der Waals surface area contributed by atoms with E-state index < -0.39 is 7.12 Å². The van der Waals surface area contributed by atoms with E-state index in [9.17, 15) is 5.02 Å². The molecule has 0 amide bonds. The van der Waals surface area contributed by atoms with Crippen LogP contribution in [0.15, 0.2) is 115 Å². The highest BCUT2D eigenvalue weighted by molar-refractivity contribution is 6.61. The molecule has 184 valence electrons. The van der Waals surface area contributed by atoms with Crippen LogP contribution in [0, 0.1) is 0 Å². The van der Waals surface area contributed by atoms with Crippen LogP contribution in [0.5, 0.6) is 0 Å². The van der Waals surface area contributed by atoms with Crippen LogP contribution < -0.4 is 5.46 Å². The first kappa shape index (κ1) is 23.0. The molecule has 1 aromatic heterocycles. The van der Waals surface area contributed by atoms with E-state index in [1.54, 1.807) is 0 Å². The molecule has 0 aliphatic heterocycles. The third-order valence-corrected chi connectivity index (χ3v) is 8.12. The van der Waals surface area contributed by atoms with Gasteiger partial charge in [0.1, 0.15) is 0 Å². The number of para-hydroxylation sites is 2. The maximum absolute atomic E-state index is 10.7. The van der Waals surface area contributed by atoms with Gasteiger partial charge in [0.2, 0.25) is 0 Å². The van der Waals surface area contributed by atoms with Gasteiger partial charge >= 0.3 is 7.12 Å². The minimum Gasteiger partial charge on any atom is -0.423 e. The molecule has 3 nitrogen and oxygen atoms in total. The van der Waals surface area contributed by atoms with Crippen LogP contribution in [-0.2, 0) is 11.1 Å². The molecular formula is C34H28BNO2. The minimum absolute atomic E-state index is 0.265. The van der Waals surface area contributed by atoms with E-state index in [4.69, 9.17) is 4.65 Å². The van der Waals surface area contributed by atoms with Crippen molar-refractivity contribution in [2.45, 2.75) is 18.8 Å². The van der Waals surface area contributed by atoms with Crippen molar-refractivity contribution in [3.63, 3.8) is 0 Å². The normalized spacial score (nSPS) is 14.7. The molecule has 0 saturated carbocycles. The molecule has 0 spiro atoms. The fourth-order valence-corrected chi connectivity index (χ4v) is 6.45. The molecule has 0 fully saturated rings. The van der Waals surface area contributed by atoms with E-state index in [1.807, 2.05) is 18.2 Å².